The van der Waals surface area contributed by atoms with Gasteiger partial charge in [-0.25, -0.2) is 9.38 Å². The van der Waals surface area contributed by atoms with Crippen LogP contribution in [0.25, 0.3) is 6.08 Å². The van der Waals surface area contributed by atoms with Crippen LogP contribution >= 0.6 is 0 Å². The van der Waals surface area contributed by atoms with Gasteiger partial charge in [-0.1, -0.05) is 35.9 Å². The summed E-state index contributed by atoms with van der Waals surface area (Å²) in [5.74, 6) is -0.478. The maximum Gasteiger partial charge on any atom is 0.275 e. The van der Waals surface area contributed by atoms with Gasteiger partial charge in [-0.2, -0.15) is 0 Å². The van der Waals surface area contributed by atoms with Gasteiger partial charge in [-0.3, -0.25) is 4.79 Å². The zero-order valence-electron chi connectivity index (χ0n) is 12.4. The minimum atomic E-state index is -0.408. The highest BCUT2D eigenvalue weighted by atomic mass is 19.1. The minimum absolute atomic E-state index is 0.250. The Labute approximate surface area is 128 Å². The molecule has 1 aliphatic rings. The Morgan fingerprint density at radius 1 is 1.14 bits per heavy atom. The molecule has 0 saturated heterocycles. The van der Waals surface area contributed by atoms with Crippen molar-refractivity contribution in [3.8, 4) is 0 Å². The van der Waals surface area contributed by atoms with Crippen molar-refractivity contribution in [3.05, 3.63) is 76.2 Å². The van der Waals surface area contributed by atoms with Crippen molar-refractivity contribution in [2.24, 2.45) is 4.99 Å². The molecule has 2 aromatic carbocycles. The highest BCUT2D eigenvalue weighted by Crippen LogP contribution is 2.19. The molecule has 0 radical (unpaired) electrons. The van der Waals surface area contributed by atoms with Crippen molar-refractivity contribution in [1.29, 1.82) is 0 Å². The molecule has 1 aliphatic heterocycles. The molecule has 2 aromatic rings. The fourth-order valence-electron chi connectivity index (χ4n) is 2.31. The first-order valence-corrected chi connectivity index (χ1v) is 6.98. The molecule has 0 unspecified atom stereocenters. The van der Waals surface area contributed by atoms with Crippen LogP contribution in [0.4, 0.5) is 4.39 Å². The van der Waals surface area contributed by atoms with Gasteiger partial charge in [-0.15, -0.1) is 0 Å². The first-order valence-electron chi connectivity index (χ1n) is 6.98. The summed E-state index contributed by atoms with van der Waals surface area (Å²) >= 11 is 0. The Hall–Kier alpha value is -2.75. The molecule has 0 spiro atoms. The smallest absolute Gasteiger partial charge is 0.275 e. The lowest BCUT2D eigenvalue weighted by atomic mass is 10.0. The van der Waals surface area contributed by atoms with E-state index >= 15 is 0 Å². The van der Waals surface area contributed by atoms with Crippen molar-refractivity contribution in [2.45, 2.75) is 13.8 Å². The number of benzene rings is 2. The number of nitrogens with one attached hydrogen (secondary N) is 1. The summed E-state index contributed by atoms with van der Waals surface area (Å²) in [6.07, 6.45) is 1.73. The molecule has 110 valence electrons. The summed E-state index contributed by atoms with van der Waals surface area (Å²) in [6, 6.07) is 12.2. The number of hydrogen-bond donors (Lipinski definition) is 1. The standard InChI is InChI=1S/C18H15FN2O/c1-11-7-8-12(2)13(9-11)10-16-18(22)21-17(20-16)14-5-3-4-6-15(14)19/h3-10H,1-2H3,(H,20,21,22)/b16-10+. The number of amides is 1. The summed E-state index contributed by atoms with van der Waals surface area (Å²) in [5, 5.41) is 2.62. The summed E-state index contributed by atoms with van der Waals surface area (Å²) in [6.45, 7) is 3.96. The topological polar surface area (TPSA) is 41.5 Å². The molecule has 1 amide bonds. The van der Waals surface area contributed by atoms with Gasteiger partial charge in [0, 0.05) is 0 Å². The average Bonchev–Trinajstić information content (AvgIpc) is 2.84. The fourth-order valence-corrected chi connectivity index (χ4v) is 2.31. The van der Waals surface area contributed by atoms with E-state index in [1.807, 2.05) is 32.0 Å². The van der Waals surface area contributed by atoms with Crippen LogP contribution < -0.4 is 5.32 Å². The van der Waals surface area contributed by atoms with Crippen molar-refractivity contribution >= 4 is 17.8 Å². The predicted octanol–water partition coefficient (Wildman–Crippen LogP) is 3.36. The molecule has 0 atom stereocenters. The molecule has 0 fully saturated rings. The number of nitrogens with zero attached hydrogens (tertiary/aromatic N) is 1. The van der Waals surface area contributed by atoms with Gasteiger partial charge in [0.1, 0.15) is 17.3 Å². The van der Waals surface area contributed by atoms with E-state index < -0.39 is 5.82 Å². The van der Waals surface area contributed by atoms with E-state index in [0.717, 1.165) is 16.7 Å². The Bertz CT molecular complexity index is 822. The first kappa shape index (κ1) is 14.2. The third-order valence-electron chi connectivity index (χ3n) is 3.55. The second-order valence-electron chi connectivity index (χ2n) is 5.28. The quantitative estimate of drug-likeness (QED) is 0.848. The van der Waals surface area contributed by atoms with E-state index in [2.05, 4.69) is 10.3 Å². The summed E-state index contributed by atoms with van der Waals surface area (Å²) in [5.41, 5.74) is 3.67. The summed E-state index contributed by atoms with van der Waals surface area (Å²) in [4.78, 5) is 16.3. The van der Waals surface area contributed by atoms with Crippen LogP contribution in [0.15, 0.2) is 53.2 Å². The van der Waals surface area contributed by atoms with Gasteiger partial charge in [0.2, 0.25) is 0 Å². The first-order chi connectivity index (χ1) is 10.5. The lowest BCUT2D eigenvalue weighted by molar-refractivity contribution is -0.115. The minimum Gasteiger partial charge on any atom is -0.305 e. The lowest BCUT2D eigenvalue weighted by Gasteiger charge is -2.02. The largest absolute Gasteiger partial charge is 0.305 e. The second kappa shape index (κ2) is 5.56. The number of rotatable bonds is 2. The van der Waals surface area contributed by atoms with Crippen LogP contribution in [0, 0.1) is 19.7 Å². The SMILES string of the molecule is Cc1ccc(C)c(/C=C2/N=C(c3ccccc3F)NC2=O)c1. The zero-order chi connectivity index (χ0) is 15.7. The third-order valence-corrected chi connectivity index (χ3v) is 3.55. The van der Waals surface area contributed by atoms with E-state index in [9.17, 15) is 9.18 Å². The molecule has 0 aromatic heterocycles. The molecular formula is C18H15FN2O. The lowest BCUT2D eigenvalue weighted by Crippen LogP contribution is -2.25. The van der Waals surface area contributed by atoms with Gasteiger partial charge in [0.15, 0.2) is 0 Å². The highest BCUT2D eigenvalue weighted by Gasteiger charge is 2.23. The van der Waals surface area contributed by atoms with Crippen molar-refractivity contribution < 1.29 is 9.18 Å². The fraction of sp³-hybridized carbons (Fsp3) is 0.111. The van der Waals surface area contributed by atoms with Gasteiger partial charge < -0.3 is 5.32 Å². The van der Waals surface area contributed by atoms with Crippen molar-refractivity contribution in [2.75, 3.05) is 0 Å². The number of hydrogen-bond acceptors (Lipinski definition) is 2. The van der Waals surface area contributed by atoms with Crippen LogP contribution in [0.5, 0.6) is 0 Å². The van der Waals surface area contributed by atoms with E-state index in [1.54, 1.807) is 24.3 Å². The Balaban J connectivity index is 2.02. The van der Waals surface area contributed by atoms with Crippen molar-refractivity contribution in [3.63, 3.8) is 0 Å². The molecule has 1 N–H and O–H groups in total. The molecule has 1 heterocycles. The number of amidine groups is 1. The normalized spacial score (nSPS) is 15.9. The number of halogens is 1. The van der Waals surface area contributed by atoms with Crippen LogP contribution in [0.2, 0.25) is 0 Å². The molecule has 0 bridgehead atoms. The number of aliphatic imine (C=N–C) groups is 1. The zero-order valence-corrected chi connectivity index (χ0v) is 12.4. The van der Waals surface area contributed by atoms with Crippen LogP contribution in [0.1, 0.15) is 22.3 Å². The number of carbonyl (C=O) groups is 1. The van der Waals surface area contributed by atoms with Crippen molar-refractivity contribution in [1.82, 2.24) is 5.32 Å². The van der Waals surface area contributed by atoms with Crippen LogP contribution in [-0.4, -0.2) is 11.7 Å². The third kappa shape index (κ3) is 2.68. The molecule has 3 rings (SSSR count). The van der Waals surface area contributed by atoms with E-state index in [4.69, 9.17) is 0 Å². The molecule has 3 nitrogen and oxygen atoms in total. The molecule has 22 heavy (non-hydrogen) atoms. The highest BCUT2D eigenvalue weighted by molar-refractivity contribution is 6.19. The maximum atomic E-state index is 13.8. The summed E-state index contributed by atoms with van der Waals surface area (Å²) in [7, 11) is 0. The van der Waals surface area contributed by atoms with E-state index in [-0.39, 0.29) is 17.4 Å². The van der Waals surface area contributed by atoms with Crippen LogP contribution in [-0.2, 0) is 4.79 Å². The summed E-state index contributed by atoms with van der Waals surface area (Å²) < 4.78 is 13.8. The van der Waals surface area contributed by atoms with Gasteiger partial charge in [0.25, 0.3) is 5.91 Å². The Kier molecular flexibility index (Phi) is 3.59. The van der Waals surface area contributed by atoms with Crippen LogP contribution in [0.3, 0.4) is 0 Å². The Morgan fingerprint density at radius 2 is 1.91 bits per heavy atom. The number of aryl methyl sites for hydroxylation is 2. The molecule has 4 heteroatoms. The number of carbonyl (C=O) groups excluding carboxylic acids is 1. The van der Waals surface area contributed by atoms with Gasteiger partial charge >= 0.3 is 0 Å². The van der Waals surface area contributed by atoms with Gasteiger partial charge in [-0.05, 0) is 43.2 Å². The monoisotopic (exact) mass is 294 g/mol. The van der Waals surface area contributed by atoms with E-state index in [0.29, 0.717) is 5.56 Å². The Morgan fingerprint density at radius 3 is 2.68 bits per heavy atom. The van der Waals surface area contributed by atoms with E-state index in [1.165, 1.54) is 6.07 Å². The maximum absolute atomic E-state index is 13.8. The molecule has 0 saturated carbocycles. The second-order valence-corrected chi connectivity index (χ2v) is 5.28. The molecule has 0 aliphatic carbocycles. The predicted molar refractivity (Wildman–Crippen MR) is 85.0 cm³/mol. The molecular weight excluding hydrogens is 279 g/mol. The average molecular weight is 294 g/mol. The van der Waals surface area contributed by atoms with Gasteiger partial charge in [0.05, 0.1) is 5.56 Å².